The van der Waals surface area contributed by atoms with Crippen molar-refractivity contribution in [3.63, 3.8) is 0 Å². The Hall–Kier alpha value is -2.24. The molecule has 2 amide bonds. The molecule has 0 atom stereocenters. The van der Waals surface area contributed by atoms with Crippen LogP contribution in [0.2, 0.25) is 10.0 Å². The number of hydrogen-bond donors (Lipinski definition) is 2. The van der Waals surface area contributed by atoms with Gasteiger partial charge in [0.05, 0.1) is 16.3 Å². The third-order valence-corrected chi connectivity index (χ3v) is 3.46. The number of carbonyl (C=O) groups excluding carboxylic acids is 2. The number of hydrogen-bond acceptors (Lipinski definition) is 3. The first-order valence-corrected chi connectivity index (χ1v) is 7.45. The molecule has 0 unspecified atom stereocenters. The molecule has 0 saturated carbocycles. The highest BCUT2D eigenvalue weighted by Gasteiger charge is 2.12. The van der Waals surface area contributed by atoms with Crippen molar-refractivity contribution >= 4 is 40.7 Å². The standard InChI is InChI=1S/C16H14Cl2N2O3/c1-19-16(22)11-4-2-3-5-13(11)20-15(21)9-23-14-7-6-10(17)8-12(14)18/h2-8H,9H2,1H3,(H,19,22)(H,20,21). The van der Waals surface area contributed by atoms with Gasteiger partial charge in [0.25, 0.3) is 11.8 Å². The van der Waals surface area contributed by atoms with Crippen molar-refractivity contribution in [3.8, 4) is 5.75 Å². The second kappa shape index (κ2) is 7.85. The van der Waals surface area contributed by atoms with Crippen LogP contribution in [-0.4, -0.2) is 25.5 Å². The summed E-state index contributed by atoms with van der Waals surface area (Å²) in [6.45, 7) is -0.247. The largest absolute Gasteiger partial charge is 0.482 e. The zero-order chi connectivity index (χ0) is 16.8. The molecule has 2 aromatic rings. The van der Waals surface area contributed by atoms with Gasteiger partial charge in [0.15, 0.2) is 6.61 Å². The number of carbonyl (C=O) groups is 2. The minimum Gasteiger partial charge on any atom is -0.482 e. The third kappa shape index (κ3) is 4.61. The predicted octanol–water partition coefficient (Wildman–Crippen LogP) is 3.37. The van der Waals surface area contributed by atoms with Gasteiger partial charge in [-0.2, -0.15) is 0 Å². The van der Waals surface area contributed by atoms with Gasteiger partial charge in [-0.15, -0.1) is 0 Å². The minimum atomic E-state index is -0.410. The molecule has 0 heterocycles. The molecule has 0 aliphatic carbocycles. The maximum Gasteiger partial charge on any atom is 0.262 e. The summed E-state index contributed by atoms with van der Waals surface area (Å²) in [7, 11) is 1.52. The number of benzene rings is 2. The van der Waals surface area contributed by atoms with Gasteiger partial charge in [0.2, 0.25) is 0 Å². The summed E-state index contributed by atoms with van der Waals surface area (Å²) in [6.07, 6.45) is 0. The van der Waals surface area contributed by atoms with Crippen LogP contribution < -0.4 is 15.4 Å². The first kappa shape index (κ1) is 17.1. The zero-order valence-corrected chi connectivity index (χ0v) is 13.7. The number of amides is 2. The highest BCUT2D eigenvalue weighted by molar-refractivity contribution is 6.35. The molecule has 2 N–H and O–H groups in total. The van der Waals surface area contributed by atoms with Gasteiger partial charge >= 0.3 is 0 Å². The van der Waals surface area contributed by atoms with E-state index in [0.717, 1.165) is 0 Å². The molecule has 0 fully saturated rings. The molecule has 0 bridgehead atoms. The van der Waals surface area contributed by atoms with Crippen LogP contribution in [0.1, 0.15) is 10.4 Å². The monoisotopic (exact) mass is 352 g/mol. The van der Waals surface area contributed by atoms with Crippen LogP contribution in [0.15, 0.2) is 42.5 Å². The van der Waals surface area contributed by atoms with E-state index in [1.165, 1.54) is 13.1 Å². The smallest absolute Gasteiger partial charge is 0.262 e. The lowest BCUT2D eigenvalue weighted by atomic mass is 10.1. The van der Waals surface area contributed by atoms with Gasteiger partial charge in [-0.3, -0.25) is 9.59 Å². The molecule has 0 saturated heterocycles. The number of halogens is 2. The summed E-state index contributed by atoms with van der Waals surface area (Å²) in [4.78, 5) is 23.7. The summed E-state index contributed by atoms with van der Waals surface area (Å²) in [5.74, 6) is -0.347. The minimum absolute atomic E-state index is 0.247. The summed E-state index contributed by atoms with van der Waals surface area (Å²) >= 11 is 11.8. The van der Waals surface area contributed by atoms with E-state index in [4.69, 9.17) is 27.9 Å². The topological polar surface area (TPSA) is 67.4 Å². The summed E-state index contributed by atoms with van der Waals surface area (Å²) in [5, 5.41) is 5.94. The Kier molecular flexibility index (Phi) is 5.84. The van der Waals surface area contributed by atoms with Gasteiger partial charge in [-0.25, -0.2) is 0 Å². The van der Waals surface area contributed by atoms with Crippen LogP contribution in [0.3, 0.4) is 0 Å². The van der Waals surface area contributed by atoms with E-state index in [-0.39, 0.29) is 12.5 Å². The van der Waals surface area contributed by atoms with E-state index < -0.39 is 5.91 Å². The molecule has 0 aromatic heterocycles. The third-order valence-electron chi connectivity index (χ3n) is 2.93. The van der Waals surface area contributed by atoms with E-state index in [1.54, 1.807) is 36.4 Å². The lowest BCUT2D eigenvalue weighted by Gasteiger charge is -2.11. The van der Waals surface area contributed by atoms with Gasteiger partial charge in [-0.1, -0.05) is 35.3 Å². The van der Waals surface area contributed by atoms with Crippen LogP contribution in [0, 0.1) is 0 Å². The van der Waals surface area contributed by atoms with Crippen LogP contribution in [0.25, 0.3) is 0 Å². The molecule has 0 aliphatic heterocycles. The normalized spacial score (nSPS) is 10.0. The molecular weight excluding hydrogens is 339 g/mol. The van der Waals surface area contributed by atoms with E-state index in [9.17, 15) is 9.59 Å². The Morgan fingerprint density at radius 1 is 1.13 bits per heavy atom. The fourth-order valence-electron chi connectivity index (χ4n) is 1.85. The molecule has 2 rings (SSSR count). The number of anilines is 1. The molecular formula is C16H14Cl2N2O3. The van der Waals surface area contributed by atoms with Crippen LogP contribution >= 0.6 is 23.2 Å². The van der Waals surface area contributed by atoms with E-state index in [2.05, 4.69) is 10.6 Å². The SMILES string of the molecule is CNC(=O)c1ccccc1NC(=O)COc1ccc(Cl)cc1Cl. The molecule has 7 heteroatoms. The van der Waals surface area contributed by atoms with Crippen molar-refractivity contribution in [2.75, 3.05) is 19.0 Å². The highest BCUT2D eigenvalue weighted by Crippen LogP contribution is 2.27. The van der Waals surface area contributed by atoms with Crippen molar-refractivity contribution in [3.05, 3.63) is 58.1 Å². The van der Waals surface area contributed by atoms with Crippen molar-refractivity contribution < 1.29 is 14.3 Å². The second-order valence-electron chi connectivity index (χ2n) is 4.54. The first-order chi connectivity index (χ1) is 11.0. The quantitative estimate of drug-likeness (QED) is 0.866. The Labute approximate surface area is 143 Å². The second-order valence-corrected chi connectivity index (χ2v) is 5.38. The fourth-order valence-corrected chi connectivity index (χ4v) is 2.31. The lowest BCUT2D eigenvalue weighted by molar-refractivity contribution is -0.118. The molecule has 120 valence electrons. The van der Waals surface area contributed by atoms with Gasteiger partial charge in [0, 0.05) is 12.1 Å². The average molecular weight is 353 g/mol. The van der Waals surface area contributed by atoms with E-state index in [1.807, 2.05) is 0 Å². The Balaban J connectivity index is 2.01. The van der Waals surface area contributed by atoms with Crippen molar-refractivity contribution in [1.29, 1.82) is 0 Å². The molecule has 0 aliphatic rings. The maximum absolute atomic E-state index is 12.0. The molecule has 5 nitrogen and oxygen atoms in total. The van der Waals surface area contributed by atoms with E-state index >= 15 is 0 Å². The maximum atomic E-state index is 12.0. The number of para-hydroxylation sites is 1. The Morgan fingerprint density at radius 2 is 1.87 bits per heavy atom. The summed E-state index contributed by atoms with van der Waals surface area (Å²) < 4.78 is 5.35. The highest BCUT2D eigenvalue weighted by atomic mass is 35.5. The Bertz CT molecular complexity index is 735. The molecule has 0 spiro atoms. The zero-order valence-electron chi connectivity index (χ0n) is 12.2. The number of nitrogens with one attached hydrogen (secondary N) is 2. The lowest BCUT2D eigenvalue weighted by Crippen LogP contribution is -2.24. The number of ether oxygens (including phenoxy) is 1. The summed E-state index contributed by atoms with van der Waals surface area (Å²) in [5.41, 5.74) is 0.774. The predicted molar refractivity (Wildman–Crippen MR) is 90.4 cm³/mol. The van der Waals surface area contributed by atoms with Crippen LogP contribution in [0.5, 0.6) is 5.75 Å². The van der Waals surface area contributed by atoms with Crippen molar-refractivity contribution in [2.45, 2.75) is 0 Å². The van der Waals surface area contributed by atoms with Gasteiger partial charge in [-0.05, 0) is 30.3 Å². The van der Waals surface area contributed by atoms with Crippen LogP contribution in [0.4, 0.5) is 5.69 Å². The summed E-state index contributed by atoms with van der Waals surface area (Å²) in [6, 6.07) is 11.4. The van der Waals surface area contributed by atoms with E-state index in [0.29, 0.717) is 27.0 Å². The van der Waals surface area contributed by atoms with Crippen molar-refractivity contribution in [2.24, 2.45) is 0 Å². The number of rotatable bonds is 5. The van der Waals surface area contributed by atoms with Crippen molar-refractivity contribution in [1.82, 2.24) is 5.32 Å². The van der Waals surface area contributed by atoms with Gasteiger partial charge in [0.1, 0.15) is 5.75 Å². The fraction of sp³-hybridized carbons (Fsp3) is 0.125. The first-order valence-electron chi connectivity index (χ1n) is 6.70. The molecule has 23 heavy (non-hydrogen) atoms. The Morgan fingerprint density at radius 3 is 2.57 bits per heavy atom. The van der Waals surface area contributed by atoms with Crippen LogP contribution in [-0.2, 0) is 4.79 Å². The molecule has 2 aromatic carbocycles. The average Bonchev–Trinajstić information content (AvgIpc) is 2.54. The molecule has 0 radical (unpaired) electrons. The van der Waals surface area contributed by atoms with Gasteiger partial charge < -0.3 is 15.4 Å².